The first-order chi connectivity index (χ1) is 9.06. The molecule has 102 valence electrons. The second-order valence-electron chi connectivity index (χ2n) is 4.80. The zero-order valence-electron chi connectivity index (χ0n) is 10.9. The molecule has 2 rings (SSSR count). The fourth-order valence-electron chi connectivity index (χ4n) is 2.10. The van der Waals surface area contributed by atoms with E-state index in [4.69, 9.17) is 0 Å². The highest BCUT2D eigenvalue weighted by molar-refractivity contribution is 5.94. The molecule has 0 spiro atoms. The van der Waals surface area contributed by atoms with Crippen molar-refractivity contribution in [2.45, 2.75) is 26.0 Å². The van der Waals surface area contributed by atoms with E-state index in [2.05, 4.69) is 5.32 Å². The number of carbonyl (C=O) groups excluding carboxylic acids is 2. The zero-order chi connectivity index (χ0) is 13.8. The third kappa shape index (κ3) is 3.54. The molecule has 5 heteroatoms. The molecule has 0 aromatic heterocycles. The van der Waals surface area contributed by atoms with Crippen molar-refractivity contribution in [1.82, 2.24) is 10.2 Å². The number of nitrogens with one attached hydrogen (secondary N) is 1. The maximum atomic E-state index is 12.1. The number of hydrogen-bond donors (Lipinski definition) is 2. The SMILES string of the molecule is CC(=O)NCc1ccc(C(=O)N2CCC(O)C2)cc1. The Bertz CT molecular complexity index is 470. The Labute approximate surface area is 112 Å². The van der Waals surface area contributed by atoms with Crippen molar-refractivity contribution in [3.8, 4) is 0 Å². The minimum atomic E-state index is -0.400. The van der Waals surface area contributed by atoms with Crippen LogP contribution in [0.5, 0.6) is 0 Å². The van der Waals surface area contributed by atoms with Crippen LogP contribution in [0.1, 0.15) is 29.3 Å². The van der Waals surface area contributed by atoms with E-state index in [1.807, 2.05) is 12.1 Å². The van der Waals surface area contributed by atoms with Crippen LogP contribution in [0.4, 0.5) is 0 Å². The van der Waals surface area contributed by atoms with Gasteiger partial charge in [-0.1, -0.05) is 12.1 Å². The maximum absolute atomic E-state index is 12.1. The van der Waals surface area contributed by atoms with Crippen molar-refractivity contribution < 1.29 is 14.7 Å². The number of hydrogen-bond acceptors (Lipinski definition) is 3. The van der Waals surface area contributed by atoms with Gasteiger partial charge >= 0.3 is 0 Å². The quantitative estimate of drug-likeness (QED) is 0.835. The molecule has 1 fully saturated rings. The van der Waals surface area contributed by atoms with Gasteiger partial charge in [-0.15, -0.1) is 0 Å². The van der Waals surface area contributed by atoms with Gasteiger partial charge in [-0.2, -0.15) is 0 Å². The highest BCUT2D eigenvalue weighted by Crippen LogP contribution is 2.14. The van der Waals surface area contributed by atoms with Crippen molar-refractivity contribution in [3.05, 3.63) is 35.4 Å². The zero-order valence-corrected chi connectivity index (χ0v) is 10.9. The molecule has 1 aromatic carbocycles. The number of rotatable bonds is 3. The summed E-state index contributed by atoms with van der Waals surface area (Å²) in [6.45, 7) is 2.95. The number of aliphatic hydroxyl groups excluding tert-OH is 1. The Morgan fingerprint density at radius 2 is 2.05 bits per heavy atom. The Kier molecular flexibility index (Phi) is 4.16. The Balaban J connectivity index is 1.97. The molecule has 1 unspecified atom stereocenters. The van der Waals surface area contributed by atoms with Gasteiger partial charge in [0.1, 0.15) is 0 Å². The van der Waals surface area contributed by atoms with E-state index in [0.29, 0.717) is 31.6 Å². The van der Waals surface area contributed by atoms with Crippen LogP contribution in [0.3, 0.4) is 0 Å². The molecule has 1 atom stereocenters. The first kappa shape index (κ1) is 13.5. The van der Waals surface area contributed by atoms with Gasteiger partial charge in [-0.25, -0.2) is 0 Å². The van der Waals surface area contributed by atoms with E-state index in [1.54, 1.807) is 17.0 Å². The fraction of sp³-hybridized carbons (Fsp3) is 0.429. The fourth-order valence-corrected chi connectivity index (χ4v) is 2.10. The van der Waals surface area contributed by atoms with Crippen molar-refractivity contribution in [1.29, 1.82) is 0 Å². The average molecular weight is 262 g/mol. The standard InChI is InChI=1S/C14H18N2O3/c1-10(17)15-8-11-2-4-12(5-3-11)14(19)16-7-6-13(18)9-16/h2-5,13,18H,6-9H2,1H3,(H,15,17). The van der Waals surface area contributed by atoms with Gasteiger partial charge in [0, 0.05) is 32.1 Å². The average Bonchev–Trinajstić information content (AvgIpc) is 2.83. The molecule has 19 heavy (non-hydrogen) atoms. The lowest BCUT2D eigenvalue weighted by Crippen LogP contribution is -2.29. The number of benzene rings is 1. The van der Waals surface area contributed by atoms with Crippen LogP contribution in [0.2, 0.25) is 0 Å². The van der Waals surface area contributed by atoms with Gasteiger partial charge in [0.2, 0.25) is 5.91 Å². The number of carbonyl (C=O) groups is 2. The summed E-state index contributed by atoms with van der Waals surface area (Å²) < 4.78 is 0. The summed E-state index contributed by atoms with van der Waals surface area (Å²) in [5.74, 6) is -0.131. The summed E-state index contributed by atoms with van der Waals surface area (Å²) in [6, 6.07) is 7.17. The Morgan fingerprint density at radius 1 is 1.37 bits per heavy atom. The highest BCUT2D eigenvalue weighted by atomic mass is 16.3. The number of nitrogens with zero attached hydrogens (tertiary/aromatic N) is 1. The summed E-state index contributed by atoms with van der Waals surface area (Å²) >= 11 is 0. The molecule has 0 radical (unpaired) electrons. The topological polar surface area (TPSA) is 69.6 Å². The van der Waals surface area contributed by atoms with Crippen LogP contribution in [0, 0.1) is 0 Å². The molecule has 2 amide bonds. The van der Waals surface area contributed by atoms with Crippen LogP contribution in [0.25, 0.3) is 0 Å². The predicted octanol–water partition coefficient (Wildman–Crippen LogP) is 0.529. The van der Waals surface area contributed by atoms with Gasteiger partial charge in [-0.05, 0) is 24.1 Å². The molecule has 2 N–H and O–H groups in total. The largest absolute Gasteiger partial charge is 0.391 e. The molecular formula is C14H18N2O3. The summed E-state index contributed by atoms with van der Waals surface area (Å²) in [5.41, 5.74) is 1.56. The molecule has 0 bridgehead atoms. The van der Waals surface area contributed by atoms with E-state index >= 15 is 0 Å². The molecule has 1 aliphatic heterocycles. The highest BCUT2D eigenvalue weighted by Gasteiger charge is 2.25. The Hall–Kier alpha value is -1.88. The predicted molar refractivity (Wildman–Crippen MR) is 70.5 cm³/mol. The maximum Gasteiger partial charge on any atom is 0.253 e. The van der Waals surface area contributed by atoms with E-state index in [1.165, 1.54) is 6.92 Å². The molecule has 5 nitrogen and oxygen atoms in total. The molecule has 1 aromatic rings. The lowest BCUT2D eigenvalue weighted by Gasteiger charge is -2.15. The normalized spacial score (nSPS) is 18.4. The van der Waals surface area contributed by atoms with Crippen molar-refractivity contribution in [2.24, 2.45) is 0 Å². The van der Waals surface area contributed by atoms with Crippen LogP contribution in [-0.2, 0) is 11.3 Å². The van der Waals surface area contributed by atoms with Crippen LogP contribution in [0.15, 0.2) is 24.3 Å². The number of aliphatic hydroxyl groups is 1. The molecule has 1 aliphatic rings. The van der Waals surface area contributed by atoms with E-state index in [9.17, 15) is 14.7 Å². The van der Waals surface area contributed by atoms with Gasteiger partial charge < -0.3 is 15.3 Å². The number of likely N-dealkylation sites (tertiary alicyclic amines) is 1. The third-order valence-electron chi connectivity index (χ3n) is 3.19. The monoisotopic (exact) mass is 262 g/mol. The van der Waals surface area contributed by atoms with Gasteiger partial charge in [0.25, 0.3) is 5.91 Å². The molecular weight excluding hydrogens is 244 g/mol. The van der Waals surface area contributed by atoms with E-state index in [0.717, 1.165) is 5.56 Å². The summed E-state index contributed by atoms with van der Waals surface area (Å²) in [5, 5.41) is 12.1. The minimum absolute atomic E-state index is 0.0531. The van der Waals surface area contributed by atoms with Gasteiger partial charge in [0.05, 0.1) is 6.10 Å². The van der Waals surface area contributed by atoms with Crippen LogP contribution in [-0.4, -0.2) is 41.0 Å². The smallest absolute Gasteiger partial charge is 0.253 e. The second kappa shape index (κ2) is 5.84. The molecule has 1 heterocycles. The minimum Gasteiger partial charge on any atom is -0.391 e. The first-order valence-electron chi connectivity index (χ1n) is 6.37. The van der Waals surface area contributed by atoms with Gasteiger partial charge in [0.15, 0.2) is 0 Å². The van der Waals surface area contributed by atoms with Crippen molar-refractivity contribution in [2.75, 3.05) is 13.1 Å². The van der Waals surface area contributed by atoms with Crippen molar-refractivity contribution >= 4 is 11.8 Å². The molecule has 1 saturated heterocycles. The first-order valence-corrected chi connectivity index (χ1v) is 6.37. The summed E-state index contributed by atoms with van der Waals surface area (Å²) in [6.07, 6.45) is 0.245. The van der Waals surface area contributed by atoms with Gasteiger partial charge in [-0.3, -0.25) is 9.59 Å². The molecule has 0 saturated carbocycles. The third-order valence-corrected chi connectivity index (χ3v) is 3.19. The summed E-state index contributed by atoms with van der Waals surface area (Å²) in [4.78, 5) is 24.6. The summed E-state index contributed by atoms with van der Waals surface area (Å²) in [7, 11) is 0. The molecule has 0 aliphatic carbocycles. The number of amides is 2. The van der Waals surface area contributed by atoms with Crippen molar-refractivity contribution in [3.63, 3.8) is 0 Å². The lowest BCUT2D eigenvalue weighted by molar-refractivity contribution is -0.119. The number of β-amino-alcohol motifs (C(OH)–C–C–N with tert-alkyl or cyclic N) is 1. The van der Waals surface area contributed by atoms with Crippen LogP contribution < -0.4 is 5.32 Å². The second-order valence-corrected chi connectivity index (χ2v) is 4.80. The lowest BCUT2D eigenvalue weighted by atomic mass is 10.1. The van der Waals surface area contributed by atoms with E-state index in [-0.39, 0.29) is 11.8 Å². The van der Waals surface area contributed by atoms with E-state index < -0.39 is 6.10 Å². The Morgan fingerprint density at radius 3 is 2.58 bits per heavy atom. The van der Waals surface area contributed by atoms with Crippen LogP contribution >= 0.6 is 0 Å².